The molecular formula is C20H24N2O4. The van der Waals surface area contributed by atoms with E-state index in [1.807, 2.05) is 30.3 Å². The fourth-order valence-electron chi connectivity index (χ4n) is 2.22. The summed E-state index contributed by atoms with van der Waals surface area (Å²) >= 11 is 0. The zero-order valence-corrected chi connectivity index (χ0v) is 14.9. The summed E-state index contributed by atoms with van der Waals surface area (Å²) in [4.78, 5) is 23.7. The van der Waals surface area contributed by atoms with Gasteiger partial charge in [0.05, 0.1) is 6.61 Å². The molecule has 0 radical (unpaired) electrons. The predicted octanol–water partition coefficient (Wildman–Crippen LogP) is 2.15. The number of carbonyl (C=O) groups is 2. The van der Waals surface area contributed by atoms with Gasteiger partial charge in [0.1, 0.15) is 12.4 Å². The standard InChI is InChI=1S/C20H24N2O4/c1-25-13-14-26-18-9-7-16(8-10-18)15-22-19(23)11-12-21-20(24)17-5-3-2-4-6-17/h2-10H,11-15H2,1H3,(H,21,24)(H,22,23). The molecule has 0 aliphatic carbocycles. The minimum absolute atomic E-state index is 0.112. The van der Waals surface area contributed by atoms with Crippen LogP contribution in [0.1, 0.15) is 22.3 Å². The molecule has 0 heterocycles. The van der Waals surface area contributed by atoms with Crippen molar-refractivity contribution in [1.82, 2.24) is 10.6 Å². The second-order valence-corrected chi connectivity index (χ2v) is 5.63. The number of ether oxygens (including phenoxy) is 2. The van der Waals surface area contributed by atoms with Crippen molar-refractivity contribution in [1.29, 1.82) is 0 Å². The van der Waals surface area contributed by atoms with Crippen LogP contribution in [0.5, 0.6) is 5.75 Å². The molecule has 0 spiro atoms. The van der Waals surface area contributed by atoms with Crippen LogP contribution in [0.2, 0.25) is 0 Å². The Morgan fingerprint density at radius 2 is 1.65 bits per heavy atom. The monoisotopic (exact) mass is 356 g/mol. The first-order valence-electron chi connectivity index (χ1n) is 8.49. The summed E-state index contributed by atoms with van der Waals surface area (Å²) in [6.45, 7) is 1.77. The number of carbonyl (C=O) groups excluding carboxylic acids is 2. The lowest BCUT2D eigenvalue weighted by molar-refractivity contribution is -0.121. The van der Waals surface area contributed by atoms with E-state index in [0.717, 1.165) is 11.3 Å². The lowest BCUT2D eigenvalue weighted by atomic mass is 10.2. The maximum absolute atomic E-state index is 11.9. The number of methoxy groups -OCH3 is 1. The first kappa shape index (κ1) is 19.5. The Kier molecular flexibility index (Phi) is 8.15. The Bertz CT molecular complexity index is 687. The molecule has 0 aliphatic heterocycles. The molecule has 2 N–H and O–H groups in total. The largest absolute Gasteiger partial charge is 0.491 e. The van der Waals surface area contributed by atoms with Gasteiger partial charge in [-0.3, -0.25) is 9.59 Å². The first-order chi connectivity index (χ1) is 12.7. The van der Waals surface area contributed by atoms with E-state index in [1.165, 1.54) is 0 Å². The van der Waals surface area contributed by atoms with Gasteiger partial charge in [0.15, 0.2) is 0 Å². The summed E-state index contributed by atoms with van der Waals surface area (Å²) in [7, 11) is 1.63. The number of hydrogen-bond acceptors (Lipinski definition) is 4. The summed E-state index contributed by atoms with van der Waals surface area (Å²) in [5.41, 5.74) is 1.56. The molecule has 2 amide bonds. The van der Waals surface area contributed by atoms with E-state index >= 15 is 0 Å². The molecule has 0 atom stereocenters. The van der Waals surface area contributed by atoms with Crippen LogP contribution in [-0.4, -0.2) is 38.7 Å². The zero-order valence-electron chi connectivity index (χ0n) is 14.9. The van der Waals surface area contributed by atoms with Crippen LogP contribution in [0.15, 0.2) is 54.6 Å². The summed E-state index contributed by atoms with van der Waals surface area (Å²) in [5.74, 6) is 0.474. The van der Waals surface area contributed by atoms with E-state index < -0.39 is 0 Å². The summed E-state index contributed by atoms with van der Waals surface area (Å²) in [5, 5.41) is 5.57. The average molecular weight is 356 g/mol. The number of hydrogen-bond donors (Lipinski definition) is 2. The van der Waals surface area contributed by atoms with Gasteiger partial charge in [0.2, 0.25) is 5.91 Å². The molecule has 2 aromatic rings. The number of benzene rings is 2. The van der Waals surface area contributed by atoms with Gasteiger partial charge in [0, 0.05) is 32.2 Å². The topological polar surface area (TPSA) is 76.7 Å². The summed E-state index contributed by atoms with van der Waals surface area (Å²) in [6.07, 6.45) is 0.233. The second-order valence-electron chi connectivity index (χ2n) is 5.63. The lowest BCUT2D eigenvalue weighted by Crippen LogP contribution is -2.30. The highest BCUT2D eigenvalue weighted by atomic mass is 16.5. The molecule has 0 aromatic heterocycles. The third-order valence-corrected chi connectivity index (χ3v) is 3.64. The molecule has 0 bridgehead atoms. The molecule has 6 heteroatoms. The zero-order chi connectivity index (χ0) is 18.6. The van der Waals surface area contributed by atoms with Gasteiger partial charge in [-0.25, -0.2) is 0 Å². The second kappa shape index (κ2) is 10.9. The fourth-order valence-corrected chi connectivity index (χ4v) is 2.22. The molecule has 26 heavy (non-hydrogen) atoms. The van der Waals surface area contributed by atoms with Crippen LogP contribution in [0.3, 0.4) is 0 Å². The van der Waals surface area contributed by atoms with Gasteiger partial charge < -0.3 is 20.1 Å². The van der Waals surface area contributed by atoms with Crippen LogP contribution in [0, 0.1) is 0 Å². The van der Waals surface area contributed by atoms with Crippen molar-refractivity contribution in [3.63, 3.8) is 0 Å². The van der Waals surface area contributed by atoms with Crippen molar-refractivity contribution < 1.29 is 19.1 Å². The normalized spacial score (nSPS) is 10.2. The van der Waals surface area contributed by atoms with Gasteiger partial charge in [-0.05, 0) is 29.8 Å². The highest BCUT2D eigenvalue weighted by Gasteiger charge is 2.06. The van der Waals surface area contributed by atoms with Crippen molar-refractivity contribution in [2.45, 2.75) is 13.0 Å². The van der Waals surface area contributed by atoms with Crippen LogP contribution >= 0.6 is 0 Å². The van der Waals surface area contributed by atoms with Crippen LogP contribution in [0.25, 0.3) is 0 Å². The quantitative estimate of drug-likeness (QED) is 0.640. The fraction of sp³-hybridized carbons (Fsp3) is 0.300. The summed E-state index contributed by atoms with van der Waals surface area (Å²) in [6, 6.07) is 16.4. The molecule has 2 aromatic carbocycles. The van der Waals surface area contributed by atoms with Crippen molar-refractivity contribution >= 4 is 11.8 Å². The van der Waals surface area contributed by atoms with E-state index in [0.29, 0.717) is 31.9 Å². The first-order valence-corrected chi connectivity index (χ1v) is 8.49. The van der Waals surface area contributed by atoms with E-state index in [1.54, 1.807) is 31.4 Å². The molecule has 0 saturated carbocycles. The Morgan fingerprint density at radius 1 is 0.923 bits per heavy atom. The van der Waals surface area contributed by atoms with Gasteiger partial charge in [-0.1, -0.05) is 30.3 Å². The van der Waals surface area contributed by atoms with E-state index in [2.05, 4.69) is 10.6 Å². The molecular weight excluding hydrogens is 332 g/mol. The van der Waals surface area contributed by atoms with Crippen molar-refractivity contribution in [3.8, 4) is 5.75 Å². The Hall–Kier alpha value is -2.86. The molecule has 0 unspecified atom stereocenters. The molecule has 0 fully saturated rings. The van der Waals surface area contributed by atoms with E-state index in [9.17, 15) is 9.59 Å². The van der Waals surface area contributed by atoms with Gasteiger partial charge in [-0.15, -0.1) is 0 Å². The Labute approximate surface area is 153 Å². The van der Waals surface area contributed by atoms with Gasteiger partial charge in [0.25, 0.3) is 5.91 Å². The van der Waals surface area contributed by atoms with Crippen molar-refractivity contribution in [2.75, 3.05) is 26.9 Å². The minimum atomic E-state index is -0.178. The van der Waals surface area contributed by atoms with Crippen molar-refractivity contribution in [2.24, 2.45) is 0 Å². The van der Waals surface area contributed by atoms with Gasteiger partial charge >= 0.3 is 0 Å². The number of rotatable bonds is 10. The van der Waals surface area contributed by atoms with Crippen LogP contribution < -0.4 is 15.4 Å². The SMILES string of the molecule is COCCOc1ccc(CNC(=O)CCNC(=O)c2ccccc2)cc1. The molecule has 0 aliphatic rings. The Morgan fingerprint density at radius 3 is 2.35 bits per heavy atom. The van der Waals surface area contributed by atoms with Gasteiger partial charge in [-0.2, -0.15) is 0 Å². The average Bonchev–Trinajstić information content (AvgIpc) is 2.68. The molecule has 2 rings (SSSR count). The third kappa shape index (κ3) is 6.94. The Balaban J connectivity index is 1.64. The van der Waals surface area contributed by atoms with E-state index in [4.69, 9.17) is 9.47 Å². The third-order valence-electron chi connectivity index (χ3n) is 3.64. The highest BCUT2D eigenvalue weighted by molar-refractivity contribution is 5.94. The molecule has 0 saturated heterocycles. The van der Waals surface area contributed by atoms with Crippen LogP contribution in [-0.2, 0) is 16.1 Å². The minimum Gasteiger partial charge on any atom is -0.491 e. The molecule has 6 nitrogen and oxygen atoms in total. The highest BCUT2D eigenvalue weighted by Crippen LogP contribution is 2.12. The van der Waals surface area contributed by atoms with E-state index in [-0.39, 0.29) is 18.2 Å². The maximum atomic E-state index is 11.9. The predicted molar refractivity (Wildman–Crippen MR) is 99.1 cm³/mol. The molecule has 138 valence electrons. The summed E-state index contributed by atoms with van der Waals surface area (Å²) < 4.78 is 10.4. The lowest BCUT2D eigenvalue weighted by Gasteiger charge is -2.08. The maximum Gasteiger partial charge on any atom is 0.251 e. The smallest absolute Gasteiger partial charge is 0.251 e. The van der Waals surface area contributed by atoms with Crippen molar-refractivity contribution in [3.05, 3.63) is 65.7 Å². The van der Waals surface area contributed by atoms with Crippen LogP contribution in [0.4, 0.5) is 0 Å². The number of nitrogens with one attached hydrogen (secondary N) is 2. The number of amides is 2.